The second-order valence-corrected chi connectivity index (χ2v) is 5.90. The predicted octanol–water partition coefficient (Wildman–Crippen LogP) is 3.81. The zero-order valence-electron chi connectivity index (χ0n) is 11.6. The van der Waals surface area contributed by atoms with Gasteiger partial charge in [0.1, 0.15) is 6.26 Å². The van der Waals surface area contributed by atoms with Gasteiger partial charge in [0.25, 0.3) is 5.22 Å². The summed E-state index contributed by atoms with van der Waals surface area (Å²) in [5.74, 6) is 0. The molecule has 102 valence electrons. The molecule has 0 radical (unpaired) electrons. The molecular formula is C15H20N2OS. The van der Waals surface area contributed by atoms with Crippen LogP contribution in [0.4, 0.5) is 0 Å². The fourth-order valence-electron chi connectivity index (χ4n) is 2.04. The molecule has 0 saturated heterocycles. The largest absolute Gasteiger partial charge is 0.440 e. The summed E-state index contributed by atoms with van der Waals surface area (Å²) in [6.45, 7) is 7.37. The van der Waals surface area contributed by atoms with Crippen LogP contribution in [-0.2, 0) is 0 Å². The maximum absolute atomic E-state index is 5.31. The number of thioether (sulfide) groups is 1. The van der Waals surface area contributed by atoms with E-state index < -0.39 is 0 Å². The van der Waals surface area contributed by atoms with Crippen LogP contribution in [0.3, 0.4) is 0 Å². The molecule has 2 unspecified atom stereocenters. The average Bonchev–Trinajstić information content (AvgIpc) is 2.90. The number of nitrogens with zero attached hydrogens (tertiary/aromatic N) is 1. The summed E-state index contributed by atoms with van der Waals surface area (Å²) in [5.41, 5.74) is 2.59. The lowest BCUT2D eigenvalue weighted by molar-refractivity contribution is 0.450. The Bertz CT molecular complexity index is 481. The number of rotatable bonds is 6. The van der Waals surface area contributed by atoms with Crippen molar-refractivity contribution in [3.05, 3.63) is 47.9 Å². The van der Waals surface area contributed by atoms with Crippen molar-refractivity contribution in [1.29, 1.82) is 0 Å². The molecule has 2 atom stereocenters. The van der Waals surface area contributed by atoms with Gasteiger partial charge in [-0.1, -0.05) is 55.4 Å². The van der Waals surface area contributed by atoms with E-state index in [2.05, 4.69) is 55.3 Å². The lowest BCUT2D eigenvalue weighted by atomic mass is 10.0. The number of aryl methyl sites for hydroxylation is 1. The monoisotopic (exact) mass is 276 g/mol. The van der Waals surface area contributed by atoms with Crippen molar-refractivity contribution in [1.82, 2.24) is 10.3 Å². The summed E-state index contributed by atoms with van der Waals surface area (Å²) in [6, 6.07) is 8.98. The minimum Gasteiger partial charge on any atom is -0.440 e. The van der Waals surface area contributed by atoms with Crippen molar-refractivity contribution in [3.8, 4) is 0 Å². The van der Waals surface area contributed by atoms with Crippen LogP contribution in [0, 0.1) is 6.92 Å². The van der Waals surface area contributed by atoms with E-state index in [0.29, 0.717) is 11.3 Å². The van der Waals surface area contributed by atoms with Gasteiger partial charge in [0.2, 0.25) is 0 Å². The second kappa shape index (κ2) is 6.78. The maximum atomic E-state index is 5.31. The zero-order chi connectivity index (χ0) is 13.7. The van der Waals surface area contributed by atoms with Crippen LogP contribution in [-0.4, -0.2) is 16.8 Å². The van der Waals surface area contributed by atoms with Gasteiger partial charge in [0.05, 0.1) is 6.20 Å². The normalized spacial score (nSPS) is 14.3. The van der Waals surface area contributed by atoms with E-state index in [4.69, 9.17) is 4.42 Å². The molecule has 19 heavy (non-hydrogen) atoms. The number of aromatic nitrogens is 1. The number of hydrogen-bond acceptors (Lipinski definition) is 4. The van der Waals surface area contributed by atoms with Gasteiger partial charge in [0, 0.05) is 11.3 Å². The molecule has 0 amide bonds. The Hall–Kier alpha value is -1.26. The molecule has 0 saturated carbocycles. The van der Waals surface area contributed by atoms with E-state index in [1.54, 1.807) is 24.2 Å². The first kappa shape index (κ1) is 14.2. The fraction of sp³-hybridized carbons (Fsp3) is 0.400. The number of benzene rings is 1. The Morgan fingerprint density at radius 3 is 2.63 bits per heavy atom. The molecule has 0 bridgehead atoms. The quantitative estimate of drug-likeness (QED) is 0.814. The summed E-state index contributed by atoms with van der Waals surface area (Å²) in [7, 11) is 0. The first-order valence-corrected chi connectivity index (χ1v) is 7.44. The van der Waals surface area contributed by atoms with E-state index in [0.717, 1.165) is 11.8 Å². The lowest BCUT2D eigenvalue weighted by Gasteiger charge is -2.24. The highest BCUT2D eigenvalue weighted by Crippen LogP contribution is 2.31. The highest BCUT2D eigenvalue weighted by molar-refractivity contribution is 7.99. The third-order valence-electron chi connectivity index (χ3n) is 3.03. The third kappa shape index (κ3) is 3.85. The van der Waals surface area contributed by atoms with Gasteiger partial charge in [0.15, 0.2) is 0 Å². The Balaban J connectivity index is 2.12. The van der Waals surface area contributed by atoms with Gasteiger partial charge in [-0.3, -0.25) is 0 Å². The SMILES string of the molecule is CCNC(c1ccc(C)cc1)C(C)Sc1ncco1. The molecule has 0 aliphatic rings. The standard InChI is InChI=1S/C15H20N2OS/c1-4-16-14(13-7-5-11(2)6-8-13)12(3)19-15-17-9-10-18-15/h5-10,12,14,16H,4H2,1-3H3. The number of hydrogen-bond donors (Lipinski definition) is 1. The molecule has 0 aliphatic carbocycles. The second-order valence-electron chi connectivity index (χ2n) is 4.57. The van der Waals surface area contributed by atoms with Crippen molar-refractivity contribution in [2.24, 2.45) is 0 Å². The fourth-order valence-corrected chi connectivity index (χ4v) is 2.98. The summed E-state index contributed by atoms with van der Waals surface area (Å²) in [6.07, 6.45) is 3.30. The van der Waals surface area contributed by atoms with Crippen molar-refractivity contribution in [3.63, 3.8) is 0 Å². The molecule has 2 rings (SSSR count). The summed E-state index contributed by atoms with van der Waals surface area (Å²) < 4.78 is 5.31. The van der Waals surface area contributed by atoms with E-state index in [9.17, 15) is 0 Å². The minimum absolute atomic E-state index is 0.294. The molecule has 1 aromatic heterocycles. The van der Waals surface area contributed by atoms with Crippen LogP contribution in [0.1, 0.15) is 31.0 Å². The smallest absolute Gasteiger partial charge is 0.255 e. The minimum atomic E-state index is 0.294. The Kier molecular flexibility index (Phi) is 5.05. The van der Waals surface area contributed by atoms with Gasteiger partial charge in [-0.2, -0.15) is 0 Å². The van der Waals surface area contributed by atoms with Crippen LogP contribution in [0.2, 0.25) is 0 Å². The molecule has 0 spiro atoms. The molecule has 0 fully saturated rings. The third-order valence-corrected chi connectivity index (χ3v) is 4.07. The van der Waals surface area contributed by atoms with Crippen LogP contribution in [0.25, 0.3) is 0 Å². The highest BCUT2D eigenvalue weighted by atomic mass is 32.2. The Morgan fingerprint density at radius 2 is 2.05 bits per heavy atom. The molecule has 1 heterocycles. The van der Waals surface area contributed by atoms with Crippen molar-refractivity contribution >= 4 is 11.8 Å². The van der Waals surface area contributed by atoms with Gasteiger partial charge >= 0.3 is 0 Å². The molecule has 0 aliphatic heterocycles. The molecule has 1 aromatic carbocycles. The molecular weight excluding hydrogens is 256 g/mol. The van der Waals surface area contributed by atoms with E-state index in [-0.39, 0.29) is 0 Å². The lowest BCUT2D eigenvalue weighted by Crippen LogP contribution is -2.28. The Labute approximate surface area is 118 Å². The molecule has 4 heteroatoms. The van der Waals surface area contributed by atoms with E-state index >= 15 is 0 Å². The first-order chi connectivity index (χ1) is 9.20. The highest BCUT2D eigenvalue weighted by Gasteiger charge is 2.20. The van der Waals surface area contributed by atoms with Crippen molar-refractivity contribution in [2.45, 2.75) is 37.3 Å². The van der Waals surface area contributed by atoms with Gasteiger partial charge in [-0.05, 0) is 19.0 Å². The zero-order valence-corrected chi connectivity index (χ0v) is 12.4. The number of nitrogens with one attached hydrogen (secondary N) is 1. The number of oxazole rings is 1. The van der Waals surface area contributed by atoms with Gasteiger partial charge in [-0.25, -0.2) is 4.98 Å². The summed E-state index contributed by atoms with van der Waals surface area (Å²) in [5, 5.41) is 4.61. The van der Waals surface area contributed by atoms with Crippen LogP contribution in [0.15, 0.2) is 46.4 Å². The van der Waals surface area contributed by atoms with Gasteiger partial charge < -0.3 is 9.73 Å². The van der Waals surface area contributed by atoms with Crippen molar-refractivity contribution in [2.75, 3.05) is 6.54 Å². The summed E-state index contributed by atoms with van der Waals surface area (Å²) >= 11 is 1.66. The molecule has 3 nitrogen and oxygen atoms in total. The van der Waals surface area contributed by atoms with Crippen LogP contribution < -0.4 is 5.32 Å². The van der Waals surface area contributed by atoms with Gasteiger partial charge in [-0.15, -0.1) is 0 Å². The topological polar surface area (TPSA) is 38.1 Å². The van der Waals surface area contributed by atoms with Crippen LogP contribution in [0.5, 0.6) is 0 Å². The average molecular weight is 276 g/mol. The first-order valence-electron chi connectivity index (χ1n) is 6.56. The molecule has 1 N–H and O–H groups in total. The molecule has 2 aromatic rings. The van der Waals surface area contributed by atoms with E-state index in [1.807, 2.05) is 0 Å². The summed E-state index contributed by atoms with van der Waals surface area (Å²) in [4.78, 5) is 4.18. The predicted molar refractivity (Wildman–Crippen MR) is 79.4 cm³/mol. The Morgan fingerprint density at radius 1 is 1.32 bits per heavy atom. The maximum Gasteiger partial charge on any atom is 0.255 e. The van der Waals surface area contributed by atoms with Crippen molar-refractivity contribution < 1.29 is 4.42 Å². The van der Waals surface area contributed by atoms with Crippen LogP contribution >= 0.6 is 11.8 Å². The van der Waals surface area contributed by atoms with E-state index in [1.165, 1.54) is 11.1 Å².